The van der Waals surface area contributed by atoms with E-state index in [4.69, 9.17) is 16.3 Å². The number of anilines is 1. The van der Waals surface area contributed by atoms with Gasteiger partial charge in [-0.15, -0.1) is 11.3 Å². The second-order valence-electron chi connectivity index (χ2n) is 7.64. The lowest BCUT2D eigenvalue weighted by Gasteiger charge is -2.43. The molecule has 0 bridgehead atoms. The first-order valence-corrected chi connectivity index (χ1v) is 11.9. The second-order valence-corrected chi connectivity index (χ2v) is 9.82. The molecule has 2 amide bonds. The predicted octanol–water partition coefficient (Wildman–Crippen LogP) is -2.44. The van der Waals surface area contributed by atoms with Crippen LogP contribution in [0.4, 0.5) is 5.13 Å². The highest BCUT2D eigenvalue weighted by molar-refractivity contribution is 7.84. The Morgan fingerprint density at radius 2 is 2.09 bits per heavy atom. The van der Waals surface area contributed by atoms with Gasteiger partial charge >= 0.3 is 16.3 Å². The molecule has 35 heavy (non-hydrogen) atoms. The maximum absolute atomic E-state index is 13.0. The molecule has 3 rings (SSSR count). The summed E-state index contributed by atoms with van der Waals surface area (Å²) < 4.78 is 33.0. The van der Waals surface area contributed by atoms with E-state index in [1.165, 1.54) is 25.4 Å². The van der Waals surface area contributed by atoms with Crippen molar-refractivity contribution in [2.75, 3.05) is 5.73 Å². The zero-order valence-corrected chi connectivity index (χ0v) is 19.9. The van der Waals surface area contributed by atoms with Gasteiger partial charge in [0.25, 0.3) is 11.8 Å². The Bertz CT molecular complexity index is 1290. The number of hydrogen-bond acceptors (Lipinski definition) is 13. The van der Waals surface area contributed by atoms with Gasteiger partial charge in [0, 0.05) is 11.9 Å². The number of nitrogens with one attached hydrogen (secondary N) is 1. The summed E-state index contributed by atoms with van der Waals surface area (Å²) >= 11 is 0.956. The predicted molar refractivity (Wildman–Crippen MR) is 118 cm³/mol. The molecular formula is C16H21N9O8S2. The summed E-state index contributed by atoms with van der Waals surface area (Å²) in [7, 11) is -4.97. The lowest BCUT2D eigenvalue weighted by Crippen LogP contribution is -2.73. The second kappa shape index (κ2) is 9.52. The molecule has 2 aromatic heterocycles. The number of carboxylic acids is 1. The van der Waals surface area contributed by atoms with Crippen molar-refractivity contribution in [1.29, 1.82) is 0 Å². The van der Waals surface area contributed by atoms with Crippen LogP contribution in [0.3, 0.4) is 0 Å². The quantitative estimate of drug-likeness (QED) is 0.0924. The molecule has 1 fully saturated rings. The number of rotatable bonds is 10. The monoisotopic (exact) mass is 531 g/mol. The smallest absolute Gasteiger partial charge is 0.362 e. The number of nitrogens with zero attached hydrogens (tertiary/aromatic N) is 6. The van der Waals surface area contributed by atoms with Crippen LogP contribution < -0.4 is 16.8 Å². The first-order chi connectivity index (χ1) is 16.2. The molecule has 1 saturated heterocycles. The number of carboxylic acid groups (broad SMARTS) is 1. The van der Waals surface area contributed by atoms with Crippen molar-refractivity contribution in [2.24, 2.45) is 10.9 Å². The summed E-state index contributed by atoms with van der Waals surface area (Å²) in [5, 5.41) is 24.4. The average Bonchev–Trinajstić information content (AvgIpc) is 3.39. The van der Waals surface area contributed by atoms with Crippen molar-refractivity contribution in [2.45, 2.75) is 44.6 Å². The van der Waals surface area contributed by atoms with Crippen molar-refractivity contribution in [3.8, 4) is 0 Å². The van der Waals surface area contributed by atoms with Gasteiger partial charge in [-0.1, -0.05) is 5.16 Å². The Balaban J connectivity index is 1.89. The summed E-state index contributed by atoms with van der Waals surface area (Å²) in [6.07, 6.45) is 1.32. The number of carbonyl (C=O) groups excluding carboxylic acids is 2. The van der Waals surface area contributed by atoms with E-state index in [0.717, 1.165) is 16.1 Å². The van der Waals surface area contributed by atoms with Gasteiger partial charge in [-0.3, -0.25) is 14.1 Å². The van der Waals surface area contributed by atoms with Gasteiger partial charge < -0.3 is 26.7 Å². The van der Waals surface area contributed by atoms with Gasteiger partial charge in [-0.25, -0.2) is 14.1 Å². The van der Waals surface area contributed by atoms with Crippen molar-refractivity contribution < 1.29 is 37.3 Å². The summed E-state index contributed by atoms with van der Waals surface area (Å²) in [6, 6.07) is -2.76. The molecule has 0 radical (unpaired) electrons. The number of aromatic nitrogens is 4. The Morgan fingerprint density at radius 3 is 2.60 bits per heavy atom. The molecule has 2 atom stereocenters. The van der Waals surface area contributed by atoms with Crippen LogP contribution >= 0.6 is 11.3 Å². The minimum atomic E-state index is -4.97. The number of nitrogen functional groups attached to an aromatic ring is 1. The summed E-state index contributed by atoms with van der Waals surface area (Å²) in [5.74, 6) is -3.56. The van der Waals surface area contributed by atoms with Gasteiger partial charge in [-0.2, -0.15) is 23.4 Å². The fourth-order valence-corrected chi connectivity index (χ4v) is 4.25. The van der Waals surface area contributed by atoms with Gasteiger partial charge in [0.2, 0.25) is 5.60 Å². The maximum atomic E-state index is 13.0. The third-order valence-electron chi connectivity index (χ3n) is 4.71. The van der Waals surface area contributed by atoms with Crippen LogP contribution in [-0.2, 0) is 42.6 Å². The maximum Gasteiger partial charge on any atom is 0.362 e. The highest BCUT2D eigenvalue weighted by Gasteiger charge is 2.54. The zero-order valence-electron chi connectivity index (χ0n) is 18.2. The normalized spacial score (nSPS) is 18.8. The van der Waals surface area contributed by atoms with Crippen molar-refractivity contribution in [1.82, 2.24) is 29.6 Å². The molecule has 0 unspecified atom stereocenters. The number of carbonyl (C=O) groups is 3. The van der Waals surface area contributed by atoms with E-state index in [-0.39, 0.29) is 28.2 Å². The Morgan fingerprint density at radius 1 is 1.40 bits per heavy atom. The molecule has 0 aliphatic carbocycles. The van der Waals surface area contributed by atoms with Crippen molar-refractivity contribution in [3.63, 3.8) is 0 Å². The molecule has 0 saturated carbocycles. The number of aliphatic carboxylic acids is 1. The summed E-state index contributed by atoms with van der Waals surface area (Å²) in [5.41, 5.74) is 9.02. The zero-order chi connectivity index (χ0) is 26.1. The molecular weight excluding hydrogens is 510 g/mol. The third kappa shape index (κ3) is 5.53. The lowest BCUT2D eigenvalue weighted by atomic mass is 9.98. The fourth-order valence-electron chi connectivity index (χ4n) is 2.83. The standard InChI is InChI=1S/C16H21N9O8S2/c1-16(2,14(28)29)33-23-10(8-6-34-15(18)20-8)12(26)21-11-9(25(13(11)27)35(30,31)32)5-24-19-4-7(3-17)22-24/h4,6,9,11H,3,5,17H2,1-2H3,(H2,18,20)(H,21,26)(H,28,29)(H,30,31,32)/t9-,11-/m0/s1. The molecule has 0 aromatic carbocycles. The summed E-state index contributed by atoms with van der Waals surface area (Å²) in [4.78, 5) is 46.8. The number of β-lactam (4-membered cyclic amide) rings is 1. The van der Waals surface area contributed by atoms with E-state index in [2.05, 4.69) is 25.7 Å². The number of thiazole rings is 1. The van der Waals surface area contributed by atoms with E-state index in [0.29, 0.717) is 5.69 Å². The van der Waals surface area contributed by atoms with Crippen LogP contribution in [0.25, 0.3) is 0 Å². The average molecular weight is 532 g/mol. The van der Waals surface area contributed by atoms with Crippen LogP contribution in [0.5, 0.6) is 0 Å². The van der Waals surface area contributed by atoms with Crippen LogP contribution in [-0.4, -0.2) is 83.5 Å². The lowest BCUT2D eigenvalue weighted by molar-refractivity contribution is -0.161. The Labute approximate surface area is 201 Å². The molecule has 19 heteroatoms. The number of nitrogens with two attached hydrogens (primary N) is 2. The Hall–Kier alpha value is -3.68. The fraction of sp³-hybridized carbons (Fsp3) is 0.438. The minimum absolute atomic E-state index is 0.0507. The van der Waals surface area contributed by atoms with Crippen molar-refractivity contribution in [3.05, 3.63) is 23.0 Å². The van der Waals surface area contributed by atoms with Crippen LogP contribution in [0.15, 0.2) is 16.7 Å². The van der Waals surface area contributed by atoms with Gasteiger partial charge in [0.15, 0.2) is 10.8 Å². The Kier molecular flexibility index (Phi) is 7.06. The van der Waals surface area contributed by atoms with Crippen LogP contribution in [0.1, 0.15) is 25.2 Å². The van der Waals surface area contributed by atoms with E-state index in [1.54, 1.807) is 0 Å². The molecule has 3 heterocycles. The first-order valence-electron chi connectivity index (χ1n) is 9.66. The molecule has 17 nitrogen and oxygen atoms in total. The highest BCUT2D eigenvalue weighted by atomic mass is 32.2. The first kappa shape index (κ1) is 25.9. The van der Waals surface area contributed by atoms with Crippen LogP contribution in [0, 0.1) is 0 Å². The van der Waals surface area contributed by atoms with Crippen LogP contribution in [0.2, 0.25) is 0 Å². The van der Waals surface area contributed by atoms with Gasteiger partial charge in [0.1, 0.15) is 17.8 Å². The minimum Gasteiger partial charge on any atom is -0.478 e. The molecule has 1 aliphatic heterocycles. The molecule has 0 spiro atoms. The largest absolute Gasteiger partial charge is 0.478 e. The van der Waals surface area contributed by atoms with E-state index in [9.17, 15) is 32.5 Å². The molecule has 1 aliphatic rings. The topological polar surface area (TPSA) is 258 Å². The number of hydrogen-bond donors (Lipinski definition) is 5. The summed E-state index contributed by atoms with van der Waals surface area (Å²) in [6.45, 7) is 2.10. The number of amides is 2. The number of oxime groups is 1. The van der Waals surface area contributed by atoms with Gasteiger partial charge in [-0.05, 0) is 13.8 Å². The third-order valence-corrected chi connectivity index (χ3v) is 6.33. The molecule has 2 aromatic rings. The molecule has 190 valence electrons. The van der Waals surface area contributed by atoms with E-state index < -0.39 is 51.5 Å². The van der Waals surface area contributed by atoms with E-state index in [1.807, 2.05) is 0 Å². The van der Waals surface area contributed by atoms with Gasteiger partial charge in [0.05, 0.1) is 18.4 Å². The van der Waals surface area contributed by atoms with E-state index >= 15 is 0 Å². The SMILES string of the molecule is CC(C)(ON=C(C(=O)N[C@@H]1C(=O)N(S(=O)(=O)O)[C@H]1Cn1ncc(CN)n1)c1csc(N)n1)C(=O)O. The molecule has 7 N–H and O–H groups in total. The highest BCUT2D eigenvalue weighted by Crippen LogP contribution is 2.25. The van der Waals surface area contributed by atoms with Crippen molar-refractivity contribution >= 4 is 50.3 Å².